The highest BCUT2D eigenvalue weighted by atomic mass is 79.9. The van der Waals surface area contributed by atoms with Crippen molar-refractivity contribution in [3.05, 3.63) is 26.7 Å². The lowest BCUT2D eigenvalue weighted by Gasteiger charge is -2.15. The minimum Gasteiger partial charge on any atom is -0.483 e. The van der Waals surface area contributed by atoms with Gasteiger partial charge in [0.2, 0.25) is 0 Å². The Labute approximate surface area is 133 Å². The minimum atomic E-state index is -0.0611. The molecule has 0 aromatic heterocycles. The van der Waals surface area contributed by atoms with E-state index in [1.54, 1.807) is 0 Å². The van der Waals surface area contributed by atoms with Crippen molar-refractivity contribution < 1.29 is 9.53 Å². The summed E-state index contributed by atoms with van der Waals surface area (Å²) < 4.78 is 6.42. The van der Waals surface area contributed by atoms with E-state index in [0.717, 1.165) is 33.5 Å². The molecule has 1 aromatic carbocycles. The fourth-order valence-corrected chi connectivity index (χ4v) is 3.18. The van der Waals surface area contributed by atoms with Gasteiger partial charge in [0.15, 0.2) is 6.61 Å². The van der Waals surface area contributed by atoms with E-state index in [4.69, 9.17) is 16.3 Å². The van der Waals surface area contributed by atoms with Crippen LogP contribution in [0, 0.1) is 13.8 Å². The first kappa shape index (κ1) is 15.6. The molecule has 0 saturated heterocycles. The number of halogens is 2. The van der Waals surface area contributed by atoms with E-state index < -0.39 is 0 Å². The van der Waals surface area contributed by atoms with E-state index in [1.807, 2.05) is 19.9 Å². The molecule has 1 saturated carbocycles. The molecular formula is C15H19BrClNO2. The Balaban J connectivity index is 1.95. The van der Waals surface area contributed by atoms with Gasteiger partial charge in [-0.2, -0.15) is 0 Å². The van der Waals surface area contributed by atoms with E-state index in [0.29, 0.717) is 11.8 Å². The number of aryl methyl sites for hydroxylation is 1. The van der Waals surface area contributed by atoms with Crippen LogP contribution in [0.3, 0.4) is 0 Å². The summed E-state index contributed by atoms with van der Waals surface area (Å²) in [5.41, 5.74) is 1.87. The highest BCUT2D eigenvalue weighted by Crippen LogP contribution is 2.35. The Morgan fingerprint density at radius 1 is 1.45 bits per heavy atom. The zero-order valence-electron chi connectivity index (χ0n) is 11.8. The summed E-state index contributed by atoms with van der Waals surface area (Å²) in [5.74, 6) is 0.597. The molecule has 0 atom stereocenters. The molecule has 1 N–H and O–H groups in total. The van der Waals surface area contributed by atoms with E-state index in [-0.39, 0.29) is 12.5 Å². The first-order valence-corrected chi connectivity index (χ1v) is 8.03. The van der Waals surface area contributed by atoms with Crippen LogP contribution in [0.5, 0.6) is 5.75 Å². The van der Waals surface area contributed by atoms with Crippen LogP contribution in [-0.2, 0) is 4.79 Å². The number of ether oxygens (including phenoxy) is 1. The maximum Gasteiger partial charge on any atom is 0.258 e. The van der Waals surface area contributed by atoms with Gasteiger partial charge in [-0.1, -0.05) is 24.4 Å². The van der Waals surface area contributed by atoms with Gasteiger partial charge in [0.25, 0.3) is 5.91 Å². The van der Waals surface area contributed by atoms with Gasteiger partial charge in [-0.25, -0.2) is 0 Å². The summed E-state index contributed by atoms with van der Waals surface area (Å²) in [7, 11) is 0. The van der Waals surface area contributed by atoms with Crippen LogP contribution in [0.15, 0.2) is 10.5 Å². The maximum atomic E-state index is 11.8. The van der Waals surface area contributed by atoms with Crippen LogP contribution in [0.25, 0.3) is 0 Å². The second-order valence-electron chi connectivity index (χ2n) is 5.28. The number of amides is 1. The molecule has 0 bridgehead atoms. The van der Waals surface area contributed by atoms with Crippen molar-refractivity contribution in [2.24, 2.45) is 0 Å². The predicted molar refractivity (Wildman–Crippen MR) is 84.5 cm³/mol. The fourth-order valence-electron chi connectivity index (χ4n) is 2.49. The lowest BCUT2D eigenvalue weighted by Crippen LogP contribution is -2.36. The van der Waals surface area contributed by atoms with Gasteiger partial charge in [0, 0.05) is 11.1 Å². The first-order chi connectivity index (χ1) is 9.49. The molecule has 3 nitrogen and oxygen atoms in total. The topological polar surface area (TPSA) is 38.3 Å². The molecule has 110 valence electrons. The third-order valence-electron chi connectivity index (χ3n) is 3.65. The molecule has 1 aliphatic rings. The number of hydrogen-bond acceptors (Lipinski definition) is 2. The van der Waals surface area contributed by atoms with Crippen LogP contribution in [0.4, 0.5) is 0 Å². The molecule has 0 unspecified atom stereocenters. The number of hydrogen-bond donors (Lipinski definition) is 1. The number of carbonyl (C=O) groups is 1. The lowest BCUT2D eigenvalue weighted by atomic mass is 10.1. The van der Waals surface area contributed by atoms with E-state index in [1.165, 1.54) is 12.8 Å². The highest BCUT2D eigenvalue weighted by molar-refractivity contribution is 9.10. The van der Waals surface area contributed by atoms with E-state index >= 15 is 0 Å². The molecule has 20 heavy (non-hydrogen) atoms. The summed E-state index contributed by atoms with van der Waals surface area (Å²) in [6.45, 7) is 3.88. The standard InChI is InChI=1S/C15H19BrClNO2/c1-9-7-12(14(16)10(2)15(9)17)20-8-13(19)18-11-5-3-4-6-11/h7,11H,3-6,8H2,1-2H3,(H,18,19). The Morgan fingerprint density at radius 3 is 2.75 bits per heavy atom. The van der Waals surface area contributed by atoms with Gasteiger partial charge < -0.3 is 10.1 Å². The van der Waals surface area contributed by atoms with Crippen LogP contribution in [0.1, 0.15) is 36.8 Å². The lowest BCUT2D eigenvalue weighted by molar-refractivity contribution is -0.123. The van der Waals surface area contributed by atoms with E-state index in [9.17, 15) is 4.79 Å². The fraction of sp³-hybridized carbons (Fsp3) is 0.533. The van der Waals surface area contributed by atoms with Crippen LogP contribution in [-0.4, -0.2) is 18.6 Å². The van der Waals surface area contributed by atoms with Crippen molar-refractivity contribution in [1.29, 1.82) is 0 Å². The molecule has 5 heteroatoms. The SMILES string of the molecule is Cc1cc(OCC(=O)NC2CCCC2)c(Br)c(C)c1Cl. The van der Waals surface area contributed by atoms with Gasteiger partial charge in [-0.05, 0) is 59.8 Å². The molecule has 0 spiro atoms. The minimum absolute atomic E-state index is 0.0373. The summed E-state index contributed by atoms with van der Waals surface area (Å²) in [4.78, 5) is 11.8. The van der Waals surface area contributed by atoms with Crippen molar-refractivity contribution in [2.45, 2.75) is 45.6 Å². The second-order valence-corrected chi connectivity index (χ2v) is 6.45. The van der Waals surface area contributed by atoms with Crippen LogP contribution < -0.4 is 10.1 Å². The third-order valence-corrected chi connectivity index (χ3v) is 5.21. The molecule has 1 amide bonds. The molecular weight excluding hydrogens is 342 g/mol. The third kappa shape index (κ3) is 3.67. The highest BCUT2D eigenvalue weighted by Gasteiger charge is 2.18. The maximum absolute atomic E-state index is 11.8. The molecule has 0 aliphatic heterocycles. The first-order valence-electron chi connectivity index (χ1n) is 6.86. The molecule has 0 radical (unpaired) electrons. The Bertz CT molecular complexity index is 513. The smallest absolute Gasteiger partial charge is 0.258 e. The van der Waals surface area contributed by atoms with Crippen molar-refractivity contribution in [3.63, 3.8) is 0 Å². The summed E-state index contributed by atoms with van der Waals surface area (Å²) in [6, 6.07) is 2.17. The van der Waals surface area contributed by atoms with Gasteiger partial charge in [-0.15, -0.1) is 0 Å². The van der Waals surface area contributed by atoms with Crippen molar-refractivity contribution in [2.75, 3.05) is 6.61 Å². The van der Waals surface area contributed by atoms with E-state index in [2.05, 4.69) is 21.2 Å². The van der Waals surface area contributed by atoms with Gasteiger partial charge in [0.05, 0.1) is 4.47 Å². The van der Waals surface area contributed by atoms with Crippen molar-refractivity contribution in [1.82, 2.24) is 5.32 Å². The molecule has 1 aromatic rings. The van der Waals surface area contributed by atoms with Crippen LogP contribution >= 0.6 is 27.5 Å². The van der Waals surface area contributed by atoms with Gasteiger partial charge >= 0.3 is 0 Å². The predicted octanol–water partition coefficient (Wildman–Crippen LogP) is 4.16. The Hall–Kier alpha value is -0.740. The Morgan fingerprint density at radius 2 is 2.10 bits per heavy atom. The quantitative estimate of drug-likeness (QED) is 0.875. The largest absolute Gasteiger partial charge is 0.483 e. The van der Waals surface area contributed by atoms with Crippen LogP contribution in [0.2, 0.25) is 5.02 Å². The average molecular weight is 361 g/mol. The summed E-state index contributed by atoms with van der Waals surface area (Å²) in [5, 5.41) is 3.73. The molecule has 1 fully saturated rings. The zero-order valence-corrected chi connectivity index (χ0v) is 14.1. The number of benzene rings is 1. The summed E-state index contributed by atoms with van der Waals surface area (Å²) >= 11 is 9.63. The molecule has 1 aliphatic carbocycles. The number of nitrogens with one attached hydrogen (secondary N) is 1. The van der Waals surface area contributed by atoms with Crippen molar-refractivity contribution in [3.8, 4) is 5.75 Å². The zero-order chi connectivity index (χ0) is 14.7. The van der Waals surface area contributed by atoms with Gasteiger partial charge in [0.1, 0.15) is 5.75 Å². The molecule has 2 rings (SSSR count). The average Bonchev–Trinajstić information content (AvgIpc) is 2.92. The monoisotopic (exact) mass is 359 g/mol. The molecule has 0 heterocycles. The number of carbonyl (C=O) groups excluding carboxylic acids is 1. The van der Waals surface area contributed by atoms with Gasteiger partial charge in [-0.3, -0.25) is 4.79 Å². The van der Waals surface area contributed by atoms with Crippen molar-refractivity contribution >= 4 is 33.4 Å². The second kappa shape index (κ2) is 6.81. The summed E-state index contributed by atoms with van der Waals surface area (Å²) in [6.07, 6.45) is 4.56. The Kier molecular flexibility index (Phi) is 5.33. The normalized spacial score (nSPS) is 15.4. The number of rotatable bonds is 4.